The van der Waals surface area contributed by atoms with Gasteiger partial charge in [-0.25, -0.2) is 0 Å². The molecule has 0 amide bonds. The topological polar surface area (TPSA) is 58.6 Å². The lowest BCUT2D eigenvalue weighted by Gasteiger charge is -2.32. The molecule has 1 fully saturated rings. The van der Waals surface area contributed by atoms with Crippen molar-refractivity contribution in [1.29, 1.82) is 0 Å². The average Bonchev–Trinajstić information content (AvgIpc) is 2.71. The van der Waals surface area contributed by atoms with Crippen molar-refractivity contribution in [1.82, 2.24) is 5.32 Å². The molecule has 0 saturated heterocycles. The van der Waals surface area contributed by atoms with Crippen molar-refractivity contribution in [2.45, 2.75) is 51.5 Å². The summed E-state index contributed by atoms with van der Waals surface area (Å²) in [6.07, 6.45) is 4.55. The summed E-state index contributed by atoms with van der Waals surface area (Å²) in [6, 6.07) is 0. The molecule has 1 aliphatic rings. The Morgan fingerprint density at radius 3 is 2.88 bits per heavy atom. The van der Waals surface area contributed by atoms with Gasteiger partial charge in [-0.15, -0.1) is 0 Å². The number of nitrogens with one attached hydrogen (secondary N) is 1. The minimum Gasteiger partial charge on any atom is -0.480 e. The van der Waals surface area contributed by atoms with Gasteiger partial charge in [0.05, 0.1) is 0 Å². The lowest BCUT2D eigenvalue weighted by atomic mass is 9.84. The Labute approximate surface area is 104 Å². The fourth-order valence-electron chi connectivity index (χ4n) is 2.78. The van der Waals surface area contributed by atoms with Gasteiger partial charge in [0.15, 0.2) is 0 Å². The van der Waals surface area contributed by atoms with Gasteiger partial charge in [-0.1, -0.05) is 13.3 Å². The highest BCUT2D eigenvalue weighted by Crippen LogP contribution is 2.38. The van der Waals surface area contributed by atoms with Crippen LogP contribution in [0.15, 0.2) is 0 Å². The number of rotatable bonds is 8. The molecule has 0 radical (unpaired) electrons. The van der Waals surface area contributed by atoms with Crippen LogP contribution in [0.5, 0.6) is 0 Å². The van der Waals surface area contributed by atoms with E-state index in [0.29, 0.717) is 13.2 Å². The fraction of sp³-hybridized carbons (Fsp3) is 0.923. The van der Waals surface area contributed by atoms with Crippen LogP contribution in [0.2, 0.25) is 0 Å². The molecule has 0 aromatic carbocycles. The number of carboxylic acids is 1. The summed E-state index contributed by atoms with van der Waals surface area (Å²) in [5, 5.41) is 12.8. The van der Waals surface area contributed by atoms with E-state index in [4.69, 9.17) is 4.74 Å². The Bertz CT molecular complexity index is 245. The first-order valence-corrected chi connectivity index (χ1v) is 6.73. The Kier molecular flexibility index (Phi) is 5.92. The van der Waals surface area contributed by atoms with Crippen molar-refractivity contribution in [3.8, 4) is 0 Å². The van der Waals surface area contributed by atoms with Crippen molar-refractivity contribution in [3.05, 3.63) is 0 Å². The minimum atomic E-state index is -0.701. The van der Waals surface area contributed by atoms with Crippen LogP contribution in [0, 0.1) is 5.92 Å². The summed E-state index contributed by atoms with van der Waals surface area (Å²) in [5.74, 6) is -0.483. The first-order chi connectivity index (χ1) is 8.17. The first-order valence-electron chi connectivity index (χ1n) is 6.73. The molecule has 2 unspecified atom stereocenters. The molecule has 4 nitrogen and oxygen atoms in total. The number of carboxylic acid groups (broad SMARTS) is 1. The highest BCUT2D eigenvalue weighted by molar-refractivity contribution is 5.79. The second kappa shape index (κ2) is 6.97. The van der Waals surface area contributed by atoms with E-state index in [1.165, 1.54) is 0 Å². The molecular formula is C13H25NO3. The lowest BCUT2D eigenvalue weighted by molar-refractivity contribution is -0.147. The van der Waals surface area contributed by atoms with E-state index < -0.39 is 11.5 Å². The summed E-state index contributed by atoms with van der Waals surface area (Å²) in [4.78, 5) is 11.6. The van der Waals surface area contributed by atoms with Crippen LogP contribution in [0.4, 0.5) is 0 Å². The van der Waals surface area contributed by atoms with Crippen molar-refractivity contribution in [2.75, 3.05) is 19.8 Å². The van der Waals surface area contributed by atoms with Crippen LogP contribution in [0.1, 0.15) is 46.0 Å². The van der Waals surface area contributed by atoms with Crippen molar-refractivity contribution in [3.63, 3.8) is 0 Å². The quantitative estimate of drug-likeness (QED) is 0.640. The number of ether oxygens (including phenoxy) is 1. The molecule has 0 aliphatic heterocycles. The Morgan fingerprint density at radius 2 is 2.29 bits per heavy atom. The van der Waals surface area contributed by atoms with Crippen LogP contribution < -0.4 is 5.32 Å². The maximum Gasteiger partial charge on any atom is 0.324 e. The molecule has 0 heterocycles. The molecule has 100 valence electrons. The summed E-state index contributed by atoms with van der Waals surface area (Å²) in [7, 11) is 0. The second-order valence-corrected chi connectivity index (χ2v) is 4.78. The summed E-state index contributed by atoms with van der Waals surface area (Å²) in [5.41, 5.74) is -0.701. The number of carbonyl (C=O) groups is 1. The van der Waals surface area contributed by atoms with Crippen molar-refractivity contribution in [2.24, 2.45) is 5.92 Å². The minimum absolute atomic E-state index is 0.207. The van der Waals surface area contributed by atoms with E-state index in [-0.39, 0.29) is 5.92 Å². The van der Waals surface area contributed by atoms with Crippen LogP contribution >= 0.6 is 0 Å². The zero-order valence-corrected chi connectivity index (χ0v) is 11.0. The monoisotopic (exact) mass is 243 g/mol. The van der Waals surface area contributed by atoms with E-state index in [1.807, 2.05) is 6.92 Å². The molecule has 0 aromatic rings. The normalized spacial score (nSPS) is 28.5. The maximum absolute atomic E-state index is 11.6. The largest absolute Gasteiger partial charge is 0.480 e. The molecule has 1 rings (SSSR count). The highest BCUT2D eigenvalue weighted by atomic mass is 16.5. The van der Waals surface area contributed by atoms with Crippen LogP contribution in [0.25, 0.3) is 0 Å². The van der Waals surface area contributed by atoms with Gasteiger partial charge in [-0.2, -0.15) is 0 Å². The summed E-state index contributed by atoms with van der Waals surface area (Å²) >= 11 is 0. The predicted molar refractivity (Wildman–Crippen MR) is 67.1 cm³/mol. The average molecular weight is 243 g/mol. The molecule has 0 aromatic heterocycles. The van der Waals surface area contributed by atoms with Gasteiger partial charge in [-0.3, -0.25) is 4.79 Å². The summed E-state index contributed by atoms with van der Waals surface area (Å²) in [6.45, 7) is 6.18. The van der Waals surface area contributed by atoms with Gasteiger partial charge in [0.25, 0.3) is 0 Å². The lowest BCUT2D eigenvalue weighted by Crippen LogP contribution is -2.55. The van der Waals surface area contributed by atoms with Crippen LogP contribution in [-0.2, 0) is 9.53 Å². The number of hydrogen-bond acceptors (Lipinski definition) is 3. The maximum atomic E-state index is 11.6. The smallest absolute Gasteiger partial charge is 0.324 e. The molecule has 2 atom stereocenters. The van der Waals surface area contributed by atoms with Crippen molar-refractivity contribution >= 4 is 5.97 Å². The predicted octanol–water partition coefficient (Wildman–Crippen LogP) is 2.04. The molecule has 17 heavy (non-hydrogen) atoms. The van der Waals surface area contributed by atoms with E-state index in [9.17, 15) is 9.90 Å². The zero-order valence-electron chi connectivity index (χ0n) is 11.0. The Morgan fingerprint density at radius 1 is 1.53 bits per heavy atom. The molecule has 0 spiro atoms. The van der Waals surface area contributed by atoms with Gasteiger partial charge in [0.1, 0.15) is 5.54 Å². The van der Waals surface area contributed by atoms with E-state index >= 15 is 0 Å². The van der Waals surface area contributed by atoms with Gasteiger partial charge in [-0.05, 0) is 45.1 Å². The van der Waals surface area contributed by atoms with Gasteiger partial charge < -0.3 is 15.2 Å². The third-order valence-corrected chi connectivity index (χ3v) is 3.71. The third-order valence-electron chi connectivity index (χ3n) is 3.71. The Hall–Kier alpha value is -0.610. The van der Waals surface area contributed by atoms with Gasteiger partial charge in [0.2, 0.25) is 0 Å². The highest BCUT2D eigenvalue weighted by Gasteiger charge is 2.48. The van der Waals surface area contributed by atoms with E-state index in [1.54, 1.807) is 0 Å². The first kappa shape index (κ1) is 14.5. The fourth-order valence-corrected chi connectivity index (χ4v) is 2.78. The van der Waals surface area contributed by atoms with E-state index in [2.05, 4.69) is 12.2 Å². The second-order valence-electron chi connectivity index (χ2n) is 4.78. The van der Waals surface area contributed by atoms with Gasteiger partial charge >= 0.3 is 5.97 Å². The molecular weight excluding hydrogens is 218 g/mol. The van der Waals surface area contributed by atoms with Crippen LogP contribution in [-0.4, -0.2) is 36.4 Å². The molecule has 2 N–H and O–H groups in total. The van der Waals surface area contributed by atoms with Crippen molar-refractivity contribution < 1.29 is 14.6 Å². The third kappa shape index (κ3) is 3.42. The standard InChI is InChI=1S/C13H25NO3/c1-3-9-14-13(12(15)16)8-5-6-11(13)7-10-17-4-2/h11,14H,3-10H2,1-2H3,(H,15,16). The zero-order chi connectivity index (χ0) is 12.7. The number of aliphatic carboxylic acids is 1. The van der Waals surface area contributed by atoms with Crippen LogP contribution in [0.3, 0.4) is 0 Å². The molecule has 0 bridgehead atoms. The van der Waals surface area contributed by atoms with Gasteiger partial charge in [0, 0.05) is 13.2 Å². The molecule has 1 saturated carbocycles. The van der Waals surface area contributed by atoms with E-state index in [0.717, 1.165) is 38.6 Å². The molecule has 1 aliphatic carbocycles. The Balaban J connectivity index is 2.61. The number of hydrogen-bond donors (Lipinski definition) is 2. The molecule has 4 heteroatoms. The summed E-state index contributed by atoms with van der Waals surface area (Å²) < 4.78 is 5.35. The SMILES string of the molecule is CCCNC1(C(=O)O)CCCC1CCOCC.